The Morgan fingerprint density at radius 2 is 1.50 bits per heavy atom. The number of carbonyl (C=O) groups excluding carboxylic acids is 5. The molecule has 4 unspecified atom stereocenters. The minimum atomic E-state index is -1.14. The minimum absolute atomic E-state index is 0.218. The third-order valence-corrected chi connectivity index (χ3v) is 10.9. The second kappa shape index (κ2) is 23.9. The van der Waals surface area contributed by atoms with Gasteiger partial charge >= 0.3 is 6.03 Å². The first-order valence-electron chi connectivity index (χ1n) is 19.1. The van der Waals surface area contributed by atoms with Gasteiger partial charge in [0.2, 0.25) is 17.6 Å². The Balaban J connectivity index is 0.00000228. The van der Waals surface area contributed by atoms with Crippen molar-refractivity contribution in [3.05, 3.63) is 17.5 Å². The van der Waals surface area contributed by atoms with Crippen molar-refractivity contribution >= 4 is 52.8 Å². The molecule has 11 nitrogen and oxygen atoms in total. The van der Waals surface area contributed by atoms with Crippen LogP contribution in [-0.4, -0.2) is 82.0 Å². The Kier molecular flexibility index (Phi) is 22.7. The summed E-state index contributed by atoms with van der Waals surface area (Å²) in [5.41, 5.74) is 4.11. The maximum atomic E-state index is 13.8. The lowest BCUT2D eigenvalue weighted by Crippen LogP contribution is -2.61. The Morgan fingerprint density at radius 3 is 1.90 bits per heavy atom. The number of amides is 5. The lowest BCUT2D eigenvalue weighted by Gasteiger charge is -2.38. The molecular formula is C39H72N6O5S2. The van der Waals surface area contributed by atoms with E-state index < -0.39 is 47.2 Å². The predicted molar refractivity (Wildman–Crippen MR) is 217 cm³/mol. The summed E-state index contributed by atoms with van der Waals surface area (Å²) in [6.07, 6.45) is 6.70. The number of nitrogens with zero attached hydrogens (tertiary/aromatic N) is 2. The highest BCUT2D eigenvalue weighted by Crippen LogP contribution is 2.32. The van der Waals surface area contributed by atoms with E-state index in [4.69, 9.17) is 5.73 Å². The zero-order valence-corrected chi connectivity index (χ0v) is 36.3. The van der Waals surface area contributed by atoms with Crippen LogP contribution in [0.3, 0.4) is 0 Å². The summed E-state index contributed by atoms with van der Waals surface area (Å²) in [4.78, 5) is 64.9. The maximum Gasteiger partial charge on any atom is 0.315 e. The monoisotopic (exact) mass is 769 g/mol. The van der Waals surface area contributed by atoms with Crippen molar-refractivity contribution in [3.63, 3.8) is 0 Å². The normalized spacial score (nSPS) is 17.5. The van der Waals surface area contributed by atoms with E-state index in [9.17, 15) is 24.0 Å². The largest absolute Gasteiger partial charge is 0.363 e. The van der Waals surface area contributed by atoms with Crippen molar-refractivity contribution in [1.29, 1.82) is 0 Å². The van der Waals surface area contributed by atoms with Crippen LogP contribution in [0, 0.1) is 16.7 Å². The van der Waals surface area contributed by atoms with Crippen molar-refractivity contribution in [1.82, 2.24) is 25.2 Å². The van der Waals surface area contributed by atoms with E-state index in [-0.39, 0.29) is 23.4 Å². The number of carbonyl (C=O) groups is 5. The van der Waals surface area contributed by atoms with Gasteiger partial charge in [0, 0.05) is 25.2 Å². The van der Waals surface area contributed by atoms with Crippen LogP contribution in [0.2, 0.25) is 0 Å². The lowest BCUT2D eigenvalue weighted by molar-refractivity contribution is -0.143. The van der Waals surface area contributed by atoms with E-state index in [1.54, 1.807) is 23.3 Å². The molecule has 300 valence electrons. The van der Waals surface area contributed by atoms with E-state index >= 15 is 0 Å². The van der Waals surface area contributed by atoms with Gasteiger partial charge in [-0.15, -0.1) is 11.3 Å². The van der Waals surface area contributed by atoms with Gasteiger partial charge in [0.05, 0.1) is 10.3 Å². The molecule has 52 heavy (non-hydrogen) atoms. The van der Waals surface area contributed by atoms with Crippen LogP contribution in [0.15, 0.2) is 21.7 Å². The van der Waals surface area contributed by atoms with Crippen LogP contribution in [0.5, 0.6) is 0 Å². The zero-order valence-electron chi connectivity index (χ0n) is 34.7. The predicted octanol–water partition coefficient (Wildman–Crippen LogP) is 7.39. The highest BCUT2D eigenvalue weighted by Gasteiger charge is 2.43. The van der Waals surface area contributed by atoms with E-state index in [0.717, 1.165) is 10.1 Å². The number of primary amides is 1. The molecule has 0 aromatic carbocycles. The lowest BCUT2D eigenvalue weighted by atomic mass is 9.85. The summed E-state index contributed by atoms with van der Waals surface area (Å²) in [6.45, 7) is 28.8. The number of Topliss-reactive ketones (excluding diaryl/α,β-unsaturated/α-hetero) is 1. The molecule has 13 heteroatoms. The van der Waals surface area contributed by atoms with Gasteiger partial charge in [-0.1, -0.05) is 108 Å². The molecule has 5 N–H and O–H groups in total. The molecule has 2 aliphatic rings. The quantitative estimate of drug-likeness (QED) is 0.128. The molecular weight excluding hydrogens is 697 g/mol. The number of thiophene rings is 1. The Labute approximate surface area is 323 Å². The van der Waals surface area contributed by atoms with Crippen molar-refractivity contribution in [2.24, 2.45) is 22.5 Å². The SMILES string of the molecule is CC.CC(NC(=O)C1CCCN1C(=O)C(NC(=O)NC(CN(Sc1cccs1)C(C)C)C(C)(C)C)C(C)(C)C)C(=O)C(N)=O.CC1CCC1.CCC. The number of nitrogens with two attached hydrogens (primary N) is 1. The third kappa shape index (κ3) is 17.5. The summed E-state index contributed by atoms with van der Waals surface area (Å²) in [5, 5.41) is 10.6. The van der Waals surface area contributed by atoms with E-state index in [2.05, 4.69) is 81.7 Å². The average Bonchev–Trinajstić information content (AvgIpc) is 3.74. The second-order valence-corrected chi connectivity index (χ2v) is 18.2. The summed E-state index contributed by atoms with van der Waals surface area (Å²) in [5.74, 6) is -1.91. The average molecular weight is 769 g/mol. The van der Waals surface area contributed by atoms with Gasteiger partial charge < -0.3 is 26.6 Å². The first kappa shape index (κ1) is 49.4. The molecule has 1 saturated heterocycles. The van der Waals surface area contributed by atoms with Crippen LogP contribution in [0.1, 0.15) is 135 Å². The van der Waals surface area contributed by atoms with Gasteiger partial charge in [-0.25, -0.2) is 9.10 Å². The van der Waals surface area contributed by atoms with Gasteiger partial charge in [0.25, 0.3) is 5.91 Å². The highest BCUT2D eigenvalue weighted by atomic mass is 32.2. The maximum absolute atomic E-state index is 13.8. The Morgan fingerprint density at radius 1 is 0.942 bits per heavy atom. The van der Waals surface area contributed by atoms with Gasteiger partial charge in [0.15, 0.2) is 0 Å². The molecule has 4 atom stereocenters. The fourth-order valence-corrected chi connectivity index (χ4v) is 7.03. The van der Waals surface area contributed by atoms with Crippen LogP contribution < -0.4 is 21.7 Å². The molecule has 0 spiro atoms. The first-order valence-corrected chi connectivity index (χ1v) is 20.8. The van der Waals surface area contributed by atoms with Crippen molar-refractivity contribution in [2.45, 2.75) is 170 Å². The van der Waals surface area contributed by atoms with Crippen molar-refractivity contribution in [2.75, 3.05) is 13.1 Å². The van der Waals surface area contributed by atoms with Crippen molar-refractivity contribution < 1.29 is 24.0 Å². The smallest absolute Gasteiger partial charge is 0.315 e. The summed E-state index contributed by atoms with van der Waals surface area (Å²) in [7, 11) is 0. The van der Waals surface area contributed by atoms with Crippen LogP contribution in [0.25, 0.3) is 0 Å². The molecule has 1 aliphatic carbocycles. The van der Waals surface area contributed by atoms with Crippen LogP contribution in [0.4, 0.5) is 4.79 Å². The van der Waals surface area contributed by atoms with E-state index in [1.165, 1.54) is 37.5 Å². The summed E-state index contributed by atoms with van der Waals surface area (Å²) >= 11 is 3.32. The van der Waals surface area contributed by atoms with Gasteiger partial charge in [-0.2, -0.15) is 0 Å². The second-order valence-electron chi connectivity index (χ2n) is 15.9. The molecule has 0 radical (unpaired) electrons. The van der Waals surface area contributed by atoms with Gasteiger partial charge in [-0.05, 0) is 73.8 Å². The third-order valence-electron chi connectivity index (χ3n) is 8.61. The number of nitrogens with one attached hydrogen (secondary N) is 3. The molecule has 1 saturated carbocycles. The van der Waals surface area contributed by atoms with Gasteiger partial charge in [0.1, 0.15) is 12.1 Å². The number of hydrogen-bond donors (Lipinski definition) is 4. The number of rotatable bonds is 12. The topological polar surface area (TPSA) is 154 Å². The molecule has 2 fully saturated rings. The molecule has 0 bridgehead atoms. The molecule has 5 amide bonds. The fourth-order valence-electron chi connectivity index (χ4n) is 5.15. The van der Waals surface area contributed by atoms with E-state index in [0.29, 0.717) is 25.9 Å². The molecule has 1 aromatic heterocycles. The summed E-state index contributed by atoms with van der Waals surface area (Å²) < 4.78 is 3.41. The number of hydrogen-bond acceptors (Lipinski definition) is 8. The fraction of sp³-hybridized carbons (Fsp3) is 0.769. The molecule has 1 aliphatic heterocycles. The van der Waals surface area contributed by atoms with Crippen LogP contribution in [-0.2, 0) is 19.2 Å². The van der Waals surface area contributed by atoms with Crippen molar-refractivity contribution in [3.8, 4) is 0 Å². The molecule has 1 aromatic rings. The number of urea groups is 1. The molecule has 2 heterocycles. The minimum Gasteiger partial charge on any atom is -0.363 e. The number of ketones is 1. The summed E-state index contributed by atoms with van der Waals surface area (Å²) in [6, 6.07) is 0.745. The Bertz CT molecular complexity index is 1220. The molecule has 3 rings (SSSR count). The highest BCUT2D eigenvalue weighted by molar-refractivity contribution is 7.98. The van der Waals surface area contributed by atoms with Gasteiger partial charge in [-0.3, -0.25) is 19.2 Å². The van der Waals surface area contributed by atoms with E-state index in [1.807, 2.05) is 46.1 Å². The Hall–Kier alpha value is -2.64. The first-order chi connectivity index (χ1) is 24.1. The van der Waals surface area contributed by atoms with Crippen LogP contribution >= 0.6 is 23.3 Å². The zero-order chi connectivity index (χ0) is 40.4. The number of likely N-dealkylation sites (tertiary alicyclic amines) is 1. The standard InChI is InChI=1S/C29H48N6O5S2.C5H10.C3H8.C2H6/c1-17(2)35(42-21-13-11-15-41-21)16-20(28(4,5)6)32-27(40)33-23(29(7,8)9)26(39)34-14-10-12-19(34)25(38)31-18(3)22(36)24(30)37;1-5-3-2-4-5;1-3-2;1-2/h11,13,15,17-20,23H,10,12,14,16H2,1-9H3,(H2,30,37)(H,31,38)(H2,32,33,40);5H,2-4H2,1H3;3H2,1-2H3;1-2H3.